The van der Waals surface area contributed by atoms with Gasteiger partial charge in [-0.2, -0.15) is 0 Å². The molecule has 3 heteroatoms. The summed E-state index contributed by atoms with van der Waals surface area (Å²) in [6.45, 7) is 4.53. The molecule has 0 aliphatic heterocycles. The summed E-state index contributed by atoms with van der Waals surface area (Å²) in [7, 11) is 0. The van der Waals surface area contributed by atoms with Gasteiger partial charge in [0.1, 0.15) is 0 Å². The van der Waals surface area contributed by atoms with Crippen LogP contribution in [0.15, 0.2) is 0 Å². The van der Waals surface area contributed by atoms with E-state index in [0.29, 0.717) is 35.7 Å². The third-order valence-electron chi connectivity index (χ3n) is 9.08. The van der Waals surface area contributed by atoms with Crippen LogP contribution in [0.1, 0.15) is 71.6 Å². The van der Waals surface area contributed by atoms with Gasteiger partial charge < -0.3 is 9.84 Å². The van der Waals surface area contributed by atoms with Gasteiger partial charge >= 0.3 is 5.97 Å². The molecule has 144 valence electrons. The van der Waals surface area contributed by atoms with E-state index in [1.54, 1.807) is 0 Å². The molecule has 0 aromatic rings. The Morgan fingerprint density at radius 3 is 2.69 bits per heavy atom. The number of terminal acetylenes is 1. The lowest BCUT2D eigenvalue weighted by molar-refractivity contribution is -0.173. The van der Waals surface area contributed by atoms with E-state index >= 15 is 0 Å². The van der Waals surface area contributed by atoms with Gasteiger partial charge in [0.2, 0.25) is 0 Å². The molecule has 0 spiro atoms. The number of rotatable bonds is 2. The first-order chi connectivity index (χ1) is 12.4. The molecule has 4 saturated carbocycles. The number of carbonyl (C=O) groups excluding carboxylic acids is 1. The van der Waals surface area contributed by atoms with Crippen molar-refractivity contribution < 1.29 is 14.6 Å². The number of hydrogen-bond acceptors (Lipinski definition) is 3. The first kappa shape index (κ1) is 18.4. The van der Waals surface area contributed by atoms with Crippen LogP contribution in [-0.4, -0.2) is 23.8 Å². The Morgan fingerprint density at radius 2 is 1.96 bits per heavy atom. The highest BCUT2D eigenvalue weighted by atomic mass is 16.5. The first-order valence-electron chi connectivity index (χ1n) is 10.7. The van der Waals surface area contributed by atoms with E-state index in [1.165, 1.54) is 45.4 Å². The number of hydrogen-bond donors (Lipinski definition) is 1. The van der Waals surface area contributed by atoms with Crippen LogP contribution in [0.2, 0.25) is 0 Å². The topological polar surface area (TPSA) is 46.5 Å². The summed E-state index contributed by atoms with van der Waals surface area (Å²) < 4.78 is 5.65. The normalized spacial score (nSPS) is 50.1. The molecule has 1 N–H and O–H groups in total. The zero-order chi connectivity index (χ0) is 18.5. The van der Waals surface area contributed by atoms with Crippen molar-refractivity contribution in [1.29, 1.82) is 0 Å². The molecule has 4 aliphatic carbocycles. The average molecular weight is 359 g/mol. The molecule has 4 aliphatic rings. The molecule has 3 nitrogen and oxygen atoms in total. The van der Waals surface area contributed by atoms with E-state index in [4.69, 9.17) is 11.2 Å². The van der Waals surface area contributed by atoms with Gasteiger partial charge in [-0.3, -0.25) is 4.79 Å². The van der Waals surface area contributed by atoms with Crippen molar-refractivity contribution >= 4 is 5.97 Å². The van der Waals surface area contributed by atoms with Crippen LogP contribution in [0.4, 0.5) is 0 Å². The Balaban J connectivity index is 1.64. The van der Waals surface area contributed by atoms with Gasteiger partial charge in [0.05, 0.1) is 12.7 Å². The predicted molar refractivity (Wildman–Crippen MR) is 101 cm³/mol. The van der Waals surface area contributed by atoms with Gasteiger partial charge in [-0.25, -0.2) is 0 Å². The summed E-state index contributed by atoms with van der Waals surface area (Å²) in [5.74, 6) is 5.95. The molecule has 0 aromatic heterocycles. The van der Waals surface area contributed by atoms with Crippen molar-refractivity contribution in [3.63, 3.8) is 0 Å². The molecule has 0 heterocycles. The second-order valence-electron chi connectivity index (χ2n) is 9.93. The summed E-state index contributed by atoms with van der Waals surface area (Å²) in [5, 5.41) is 10.3. The van der Waals surface area contributed by atoms with Crippen molar-refractivity contribution in [2.75, 3.05) is 6.61 Å². The van der Waals surface area contributed by atoms with Crippen LogP contribution in [0.5, 0.6) is 0 Å². The highest BCUT2D eigenvalue weighted by Gasteiger charge is 2.61. The minimum Gasteiger partial charge on any atom is -0.465 e. The van der Waals surface area contributed by atoms with Crippen LogP contribution < -0.4 is 0 Å². The van der Waals surface area contributed by atoms with E-state index < -0.39 is 0 Å². The van der Waals surface area contributed by atoms with E-state index in [9.17, 15) is 9.90 Å². The third-order valence-corrected chi connectivity index (χ3v) is 9.08. The van der Waals surface area contributed by atoms with Crippen LogP contribution >= 0.6 is 0 Å². The molecule has 0 unspecified atom stereocenters. The summed E-state index contributed by atoms with van der Waals surface area (Å²) in [4.78, 5) is 11.6. The number of aliphatic hydroxyl groups excluding tert-OH is 1. The van der Waals surface area contributed by atoms with E-state index in [-0.39, 0.29) is 17.5 Å². The Bertz CT molecular complexity index is 607. The lowest BCUT2D eigenvalue weighted by atomic mass is 9.44. The van der Waals surface area contributed by atoms with Crippen molar-refractivity contribution in [2.45, 2.75) is 77.7 Å². The van der Waals surface area contributed by atoms with E-state index in [1.807, 2.05) is 0 Å². The van der Waals surface area contributed by atoms with E-state index in [0.717, 1.165) is 25.2 Å². The lowest BCUT2D eigenvalue weighted by Crippen LogP contribution is -2.57. The monoisotopic (exact) mass is 358 g/mol. The summed E-state index contributed by atoms with van der Waals surface area (Å²) >= 11 is 0. The molecule has 0 radical (unpaired) electrons. The van der Waals surface area contributed by atoms with Crippen LogP contribution in [0, 0.1) is 52.8 Å². The lowest BCUT2D eigenvalue weighted by Gasteiger charge is -2.61. The SMILES string of the molecule is C#C[C@H]1CC[C@H]2[C@@H]3CC[C@H]4C[C@H](O)CC[C@]4(COC(C)=O)[C@H]3CC[C@]12C. The maximum absolute atomic E-state index is 11.6. The minimum absolute atomic E-state index is 0.0867. The number of esters is 1. The van der Waals surface area contributed by atoms with E-state index in [2.05, 4.69) is 12.8 Å². The number of aliphatic hydroxyl groups is 1. The molecule has 0 aromatic carbocycles. The second kappa shape index (κ2) is 6.55. The largest absolute Gasteiger partial charge is 0.465 e. The smallest absolute Gasteiger partial charge is 0.302 e. The van der Waals surface area contributed by atoms with Gasteiger partial charge in [-0.15, -0.1) is 12.3 Å². The Kier molecular flexibility index (Phi) is 4.63. The highest BCUT2D eigenvalue weighted by Crippen LogP contribution is 2.67. The maximum Gasteiger partial charge on any atom is 0.302 e. The van der Waals surface area contributed by atoms with Crippen molar-refractivity contribution in [1.82, 2.24) is 0 Å². The van der Waals surface area contributed by atoms with Crippen molar-refractivity contribution in [2.24, 2.45) is 40.4 Å². The fraction of sp³-hybridized carbons (Fsp3) is 0.870. The molecule has 0 saturated heterocycles. The fourth-order valence-corrected chi connectivity index (χ4v) is 7.82. The van der Waals surface area contributed by atoms with Crippen LogP contribution in [-0.2, 0) is 9.53 Å². The standard InChI is InChI=1S/C23H34O3/c1-4-16-6-8-20-19-7-5-17-13-18(25)9-12-23(17,14-26-15(2)24)21(19)10-11-22(16,20)3/h1,16-21,25H,5-14H2,2-3H3/t16-,17-,18+,19-,20-,21-,22+,23+/m0/s1. The molecule has 26 heavy (non-hydrogen) atoms. The van der Waals surface area contributed by atoms with Gasteiger partial charge in [0, 0.05) is 18.3 Å². The van der Waals surface area contributed by atoms with Crippen LogP contribution in [0.25, 0.3) is 0 Å². The van der Waals surface area contributed by atoms with Crippen molar-refractivity contribution in [3.05, 3.63) is 0 Å². The Morgan fingerprint density at radius 1 is 1.15 bits per heavy atom. The molecule has 0 bridgehead atoms. The maximum atomic E-state index is 11.6. The average Bonchev–Trinajstić information content (AvgIpc) is 2.96. The van der Waals surface area contributed by atoms with Gasteiger partial charge in [-0.05, 0) is 86.9 Å². The number of fused-ring (bicyclic) bond motifs is 5. The molecule has 0 amide bonds. The molecule has 4 fully saturated rings. The quantitative estimate of drug-likeness (QED) is 0.595. The number of carbonyl (C=O) groups is 1. The molecule has 8 atom stereocenters. The minimum atomic E-state index is -0.173. The van der Waals surface area contributed by atoms with Crippen LogP contribution in [0.3, 0.4) is 0 Å². The van der Waals surface area contributed by atoms with Crippen molar-refractivity contribution in [3.8, 4) is 12.3 Å². The Hall–Kier alpha value is -1.01. The summed E-state index contributed by atoms with van der Waals surface area (Å²) in [5.41, 5.74) is 0.392. The third kappa shape index (κ3) is 2.63. The molecular formula is C23H34O3. The molecule has 4 rings (SSSR count). The first-order valence-corrected chi connectivity index (χ1v) is 10.7. The summed E-state index contributed by atoms with van der Waals surface area (Å²) in [6.07, 6.45) is 15.8. The van der Waals surface area contributed by atoms with Gasteiger partial charge in [0.15, 0.2) is 0 Å². The fourth-order valence-electron chi connectivity index (χ4n) is 7.82. The zero-order valence-corrected chi connectivity index (χ0v) is 16.4. The summed E-state index contributed by atoms with van der Waals surface area (Å²) in [6, 6.07) is 0. The zero-order valence-electron chi connectivity index (χ0n) is 16.4. The Labute approximate surface area is 158 Å². The van der Waals surface area contributed by atoms with Gasteiger partial charge in [0.25, 0.3) is 0 Å². The number of ether oxygens (including phenoxy) is 1. The predicted octanol–water partition coefficient (Wildman–Crippen LogP) is 4.18. The molecular weight excluding hydrogens is 324 g/mol. The second-order valence-corrected chi connectivity index (χ2v) is 9.93. The highest BCUT2D eigenvalue weighted by molar-refractivity contribution is 5.65. The van der Waals surface area contributed by atoms with Gasteiger partial charge in [-0.1, -0.05) is 6.92 Å².